The Morgan fingerprint density at radius 2 is 2.30 bits per heavy atom. The first-order valence-electron chi connectivity index (χ1n) is 7.73. The molecule has 0 aliphatic heterocycles. The first kappa shape index (κ1) is 15.3. The SMILES string of the molecule is CCCN(CC1CC1)c1ncccc1CNCCOC. The summed E-state index contributed by atoms with van der Waals surface area (Å²) in [7, 11) is 1.73. The topological polar surface area (TPSA) is 37.4 Å². The zero-order valence-electron chi connectivity index (χ0n) is 12.8. The molecule has 0 amide bonds. The molecule has 1 aromatic rings. The first-order valence-corrected chi connectivity index (χ1v) is 7.73. The van der Waals surface area contributed by atoms with E-state index in [9.17, 15) is 0 Å². The van der Waals surface area contributed by atoms with Crippen molar-refractivity contribution in [2.75, 3.05) is 38.3 Å². The predicted molar refractivity (Wildman–Crippen MR) is 83.0 cm³/mol. The molecule has 0 spiro atoms. The van der Waals surface area contributed by atoms with E-state index in [-0.39, 0.29) is 0 Å². The zero-order chi connectivity index (χ0) is 14.2. The predicted octanol–water partition coefficient (Wildman–Crippen LogP) is 2.44. The summed E-state index contributed by atoms with van der Waals surface area (Å²) in [5.74, 6) is 2.05. The standard InChI is InChI=1S/C16H27N3O/c1-3-10-19(13-14-6-7-14)16-15(5-4-8-18-16)12-17-9-11-20-2/h4-5,8,14,17H,3,6-7,9-13H2,1-2H3. The number of hydrogen-bond acceptors (Lipinski definition) is 4. The van der Waals surface area contributed by atoms with Gasteiger partial charge in [0.05, 0.1) is 6.61 Å². The fourth-order valence-electron chi connectivity index (χ4n) is 2.42. The van der Waals surface area contributed by atoms with Gasteiger partial charge in [-0.2, -0.15) is 0 Å². The molecule has 1 aromatic heterocycles. The van der Waals surface area contributed by atoms with E-state index in [1.165, 1.54) is 24.8 Å². The highest BCUT2D eigenvalue weighted by Gasteiger charge is 2.25. The number of pyridine rings is 1. The van der Waals surface area contributed by atoms with E-state index in [1.54, 1.807) is 7.11 Å². The lowest BCUT2D eigenvalue weighted by molar-refractivity contribution is 0.199. The zero-order valence-corrected chi connectivity index (χ0v) is 12.8. The molecule has 0 saturated heterocycles. The molecule has 1 aliphatic carbocycles. The maximum Gasteiger partial charge on any atom is 0.133 e. The number of anilines is 1. The Hall–Kier alpha value is -1.13. The highest BCUT2D eigenvalue weighted by atomic mass is 16.5. The number of nitrogens with one attached hydrogen (secondary N) is 1. The Morgan fingerprint density at radius 3 is 3.00 bits per heavy atom. The largest absolute Gasteiger partial charge is 0.383 e. The van der Waals surface area contributed by atoms with Crippen LogP contribution in [0.3, 0.4) is 0 Å². The molecular formula is C16H27N3O. The van der Waals surface area contributed by atoms with E-state index < -0.39 is 0 Å². The third-order valence-electron chi connectivity index (χ3n) is 3.63. The molecule has 0 atom stereocenters. The quantitative estimate of drug-likeness (QED) is 0.667. The van der Waals surface area contributed by atoms with Crippen LogP contribution >= 0.6 is 0 Å². The van der Waals surface area contributed by atoms with Crippen molar-refractivity contribution < 1.29 is 4.74 Å². The van der Waals surface area contributed by atoms with Crippen molar-refractivity contribution in [2.24, 2.45) is 5.92 Å². The number of ether oxygens (including phenoxy) is 1. The summed E-state index contributed by atoms with van der Waals surface area (Å²) in [5.41, 5.74) is 1.29. The van der Waals surface area contributed by atoms with Gasteiger partial charge in [0.2, 0.25) is 0 Å². The van der Waals surface area contributed by atoms with Crippen molar-refractivity contribution in [3.05, 3.63) is 23.9 Å². The van der Waals surface area contributed by atoms with Gasteiger partial charge in [-0.05, 0) is 31.2 Å². The Morgan fingerprint density at radius 1 is 1.45 bits per heavy atom. The molecule has 20 heavy (non-hydrogen) atoms. The van der Waals surface area contributed by atoms with Gasteiger partial charge in [-0.25, -0.2) is 4.98 Å². The Balaban J connectivity index is 1.99. The molecule has 1 aliphatic rings. The van der Waals surface area contributed by atoms with Crippen molar-refractivity contribution in [1.29, 1.82) is 0 Å². The summed E-state index contributed by atoms with van der Waals surface area (Å²) in [6.45, 7) is 6.98. The summed E-state index contributed by atoms with van der Waals surface area (Å²) in [5, 5.41) is 3.42. The van der Waals surface area contributed by atoms with Crippen LogP contribution in [0.2, 0.25) is 0 Å². The van der Waals surface area contributed by atoms with Crippen molar-refractivity contribution in [3.8, 4) is 0 Å². The third kappa shape index (κ3) is 4.76. The van der Waals surface area contributed by atoms with E-state index in [0.717, 1.165) is 44.5 Å². The molecule has 1 N–H and O–H groups in total. The molecule has 1 heterocycles. The van der Waals surface area contributed by atoms with Crippen molar-refractivity contribution in [3.63, 3.8) is 0 Å². The fourth-order valence-corrected chi connectivity index (χ4v) is 2.42. The lowest BCUT2D eigenvalue weighted by Gasteiger charge is -2.25. The molecular weight excluding hydrogens is 250 g/mol. The maximum atomic E-state index is 5.07. The van der Waals surface area contributed by atoms with Crippen LogP contribution in [-0.2, 0) is 11.3 Å². The Labute approximate surface area is 122 Å². The minimum atomic E-state index is 0.746. The van der Waals surface area contributed by atoms with Gasteiger partial charge >= 0.3 is 0 Å². The van der Waals surface area contributed by atoms with E-state index in [0.29, 0.717) is 0 Å². The summed E-state index contributed by atoms with van der Waals surface area (Å²) >= 11 is 0. The van der Waals surface area contributed by atoms with Crippen LogP contribution < -0.4 is 10.2 Å². The van der Waals surface area contributed by atoms with E-state index in [4.69, 9.17) is 4.74 Å². The third-order valence-corrected chi connectivity index (χ3v) is 3.63. The number of methoxy groups -OCH3 is 1. The molecule has 2 rings (SSSR count). The molecule has 1 saturated carbocycles. The average Bonchev–Trinajstić information content (AvgIpc) is 3.28. The minimum absolute atomic E-state index is 0.746. The van der Waals surface area contributed by atoms with Gasteiger partial charge in [0, 0.05) is 45.0 Å². The summed E-state index contributed by atoms with van der Waals surface area (Å²) in [4.78, 5) is 7.10. The number of hydrogen-bond donors (Lipinski definition) is 1. The van der Waals surface area contributed by atoms with Crippen molar-refractivity contribution in [2.45, 2.75) is 32.7 Å². The number of aromatic nitrogens is 1. The second kappa shape index (κ2) is 8.22. The monoisotopic (exact) mass is 277 g/mol. The summed E-state index contributed by atoms with van der Waals surface area (Å²) in [6.07, 6.45) is 5.84. The summed E-state index contributed by atoms with van der Waals surface area (Å²) in [6, 6.07) is 4.20. The number of nitrogens with zero attached hydrogens (tertiary/aromatic N) is 2. The molecule has 0 aromatic carbocycles. The van der Waals surface area contributed by atoms with E-state index in [1.807, 2.05) is 12.3 Å². The fraction of sp³-hybridized carbons (Fsp3) is 0.688. The van der Waals surface area contributed by atoms with Gasteiger partial charge in [0.15, 0.2) is 0 Å². The highest BCUT2D eigenvalue weighted by molar-refractivity contribution is 5.46. The molecule has 4 heteroatoms. The second-order valence-electron chi connectivity index (χ2n) is 5.55. The number of rotatable bonds is 10. The van der Waals surface area contributed by atoms with E-state index in [2.05, 4.69) is 28.2 Å². The smallest absolute Gasteiger partial charge is 0.133 e. The van der Waals surface area contributed by atoms with E-state index >= 15 is 0 Å². The van der Waals surface area contributed by atoms with Crippen LogP contribution in [0.15, 0.2) is 18.3 Å². The van der Waals surface area contributed by atoms with Gasteiger partial charge in [-0.3, -0.25) is 0 Å². The van der Waals surface area contributed by atoms with Gasteiger partial charge in [-0.15, -0.1) is 0 Å². The average molecular weight is 277 g/mol. The summed E-state index contributed by atoms with van der Waals surface area (Å²) < 4.78 is 5.07. The van der Waals surface area contributed by atoms with Gasteiger partial charge in [0.25, 0.3) is 0 Å². The van der Waals surface area contributed by atoms with Crippen LogP contribution in [0.25, 0.3) is 0 Å². The lowest BCUT2D eigenvalue weighted by Crippen LogP contribution is -2.29. The van der Waals surface area contributed by atoms with Crippen LogP contribution in [0.4, 0.5) is 5.82 Å². The molecule has 0 bridgehead atoms. The van der Waals surface area contributed by atoms with Gasteiger partial charge < -0.3 is 15.0 Å². The Bertz CT molecular complexity index is 393. The van der Waals surface area contributed by atoms with Gasteiger partial charge in [0.1, 0.15) is 5.82 Å². The molecule has 4 nitrogen and oxygen atoms in total. The molecule has 0 radical (unpaired) electrons. The van der Waals surface area contributed by atoms with Gasteiger partial charge in [-0.1, -0.05) is 13.0 Å². The minimum Gasteiger partial charge on any atom is -0.383 e. The maximum absolute atomic E-state index is 5.07. The second-order valence-corrected chi connectivity index (χ2v) is 5.55. The van der Waals surface area contributed by atoms with Crippen LogP contribution in [0, 0.1) is 5.92 Å². The van der Waals surface area contributed by atoms with Crippen LogP contribution in [-0.4, -0.2) is 38.3 Å². The van der Waals surface area contributed by atoms with Crippen LogP contribution in [0.5, 0.6) is 0 Å². The van der Waals surface area contributed by atoms with Crippen molar-refractivity contribution >= 4 is 5.82 Å². The first-order chi connectivity index (χ1) is 9.85. The molecule has 1 fully saturated rings. The van der Waals surface area contributed by atoms with Crippen LogP contribution in [0.1, 0.15) is 31.7 Å². The highest BCUT2D eigenvalue weighted by Crippen LogP contribution is 2.31. The normalized spacial score (nSPS) is 14.5. The molecule has 0 unspecified atom stereocenters. The molecule has 112 valence electrons. The van der Waals surface area contributed by atoms with Crippen molar-refractivity contribution in [1.82, 2.24) is 10.3 Å². The lowest BCUT2D eigenvalue weighted by atomic mass is 10.2. The Kier molecular flexibility index (Phi) is 6.27.